The van der Waals surface area contributed by atoms with E-state index in [1.165, 1.54) is 0 Å². The van der Waals surface area contributed by atoms with Gasteiger partial charge in [0.15, 0.2) is 0 Å². The molecule has 0 aliphatic rings. The van der Waals surface area contributed by atoms with Crippen LogP contribution in [0.1, 0.15) is 29.2 Å². The summed E-state index contributed by atoms with van der Waals surface area (Å²) in [6.45, 7) is 1.64. The molecule has 0 spiro atoms. The van der Waals surface area contributed by atoms with E-state index < -0.39 is 12.2 Å². The Kier molecular flexibility index (Phi) is 4.44. The molecule has 2 atom stereocenters. The molecule has 0 saturated carbocycles. The first-order valence-electron chi connectivity index (χ1n) is 5.07. The Balaban J connectivity index is 3.02. The summed E-state index contributed by atoms with van der Waals surface area (Å²) in [5, 5.41) is 37.0. The van der Waals surface area contributed by atoms with E-state index in [0.717, 1.165) is 5.56 Å². The van der Waals surface area contributed by atoms with Crippen molar-refractivity contribution < 1.29 is 15.3 Å². The molecule has 2 unspecified atom stereocenters. The van der Waals surface area contributed by atoms with Gasteiger partial charge in [-0.05, 0) is 19.4 Å². The smallest absolute Gasteiger partial charge is 0.106 e. The minimum Gasteiger partial charge on any atom is -0.396 e. The molecular formula is C12H15NO3. The lowest BCUT2D eigenvalue weighted by atomic mass is 9.96. The minimum absolute atomic E-state index is 0.0833. The highest BCUT2D eigenvalue weighted by atomic mass is 16.3. The fraction of sp³-hybridized carbons (Fsp3) is 0.417. The van der Waals surface area contributed by atoms with Crippen molar-refractivity contribution in [2.24, 2.45) is 0 Å². The lowest BCUT2D eigenvalue weighted by Gasteiger charge is -2.18. The van der Waals surface area contributed by atoms with Crippen LogP contribution in [0.5, 0.6) is 0 Å². The summed E-state index contributed by atoms with van der Waals surface area (Å²) in [6, 6.07) is 7.02. The van der Waals surface area contributed by atoms with Crippen LogP contribution >= 0.6 is 0 Å². The zero-order valence-electron chi connectivity index (χ0n) is 9.09. The van der Waals surface area contributed by atoms with Gasteiger partial charge in [0.1, 0.15) is 6.10 Å². The highest BCUT2D eigenvalue weighted by molar-refractivity contribution is 5.41. The largest absolute Gasteiger partial charge is 0.396 e. The SMILES string of the molecule is Cc1ccc(C#N)c(C(O)C(O)CCO)c1. The van der Waals surface area contributed by atoms with Crippen LogP contribution in [-0.2, 0) is 0 Å². The first-order valence-corrected chi connectivity index (χ1v) is 5.07. The van der Waals surface area contributed by atoms with Gasteiger partial charge in [-0.1, -0.05) is 17.7 Å². The number of nitriles is 1. The van der Waals surface area contributed by atoms with E-state index in [1.807, 2.05) is 13.0 Å². The summed E-state index contributed by atoms with van der Waals surface area (Å²) in [5.41, 5.74) is 1.66. The molecule has 0 amide bonds. The normalized spacial score (nSPS) is 14.2. The Labute approximate surface area is 94.4 Å². The van der Waals surface area contributed by atoms with Crippen LogP contribution in [0.25, 0.3) is 0 Å². The van der Waals surface area contributed by atoms with Crippen molar-refractivity contribution in [2.45, 2.75) is 25.6 Å². The monoisotopic (exact) mass is 221 g/mol. The van der Waals surface area contributed by atoms with Crippen molar-refractivity contribution in [1.29, 1.82) is 5.26 Å². The number of rotatable bonds is 4. The van der Waals surface area contributed by atoms with Gasteiger partial charge in [-0.25, -0.2) is 0 Å². The molecule has 0 heterocycles. The van der Waals surface area contributed by atoms with Crippen molar-refractivity contribution >= 4 is 0 Å². The van der Waals surface area contributed by atoms with Gasteiger partial charge in [0.2, 0.25) is 0 Å². The molecule has 86 valence electrons. The number of hydrogen-bond donors (Lipinski definition) is 3. The number of hydrogen-bond acceptors (Lipinski definition) is 4. The third kappa shape index (κ3) is 2.80. The van der Waals surface area contributed by atoms with Crippen molar-refractivity contribution in [2.75, 3.05) is 6.61 Å². The van der Waals surface area contributed by atoms with Gasteiger partial charge in [0.25, 0.3) is 0 Å². The van der Waals surface area contributed by atoms with E-state index in [-0.39, 0.29) is 13.0 Å². The topological polar surface area (TPSA) is 84.5 Å². The van der Waals surface area contributed by atoms with Gasteiger partial charge < -0.3 is 15.3 Å². The van der Waals surface area contributed by atoms with Crippen LogP contribution in [0, 0.1) is 18.3 Å². The molecule has 1 aromatic carbocycles. The Morgan fingerprint density at radius 1 is 1.38 bits per heavy atom. The van der Waals surface area contributed by atoms with Gasteiger partial charge in [0.05, 0.1) is 17.7 Å². The van der Waals surface area contributed by atoms with Crippen LogP contribution in [0.3, 0.4) is 0 Å². The zero-order chi connectivity index (χ0) is 12.1. The fourth-order valence-electron chi connectivity index (χ4n) is 1.53. The van der Waals surface area contributed by atoms with E-state index in [4.69, 9.17) is 10.4 Å². The molecule has 0 aliphatic heterocycles. The van der Waals surface area contributed by atoms with Crippen LogP contribution in [0.15, 0.2) is 18.2 Å². The van der Waals surface area contributed by atoms with E-state index >= 15 is 0 Å². The standard InChI is InChI=1S/C12H15NO3/c1-8-2-3-9(7-13)10(6-8)12(16)11(15)4-5-14/h2-3,6,11-12,14-16H,4-5H2,1H3. The fourth-order valence-corrected chi connectivity index (χ4v) is 1.53. The molecule has 16 heavy (non-hydrogen) atoms. The van der Waals surface area contributed by atoms with Gasteiger partial charge in [-0.15, -0.1) is 0 Å². The van der Waals surface area contributed by atoms with Crippen LogP contribution < -0.4 is 0 Å². The summed E-state index contributed by atoms with van der Waals surface area (Å²) in [7, 11) is 0. The highest BCUT2D eigenvalue weighted by Crippen LogP contribution is 2.23. The number of aliphatic hydroxyl groups excluding tert-OH is 3. The number of benzene rings is 1. The second kappa shape index (κ2) is 5.61. The van der Waals surface area contributed by atoms with Crippen LogP contribution in [0.2, 0.25) is 0 Å². The van der Waals surface area contributed by atoms with E-state index in [9.17, 15) is 10.2 Å². The van der Waals surface area contributed by atoms with Crippen LogP contribution in [-0.4, -0.2) is 28.0 Å². The summed E-state index contributed by atoms with van der Waals surface area (Å²) in [4.78, 5) is 0. The predicted octanol–water partition coefficient (Wildman–Crippen LogP) is 0.643. The summed E-state index contributed by atoms with van der Waals surface area (Å²) < 4.78 is 0. The lowest BCUT2D eigenvalue weighted by molar-refractivity contribution is 0.00405. The summed E-state index contributed by atoms with van der Waals surface area (Å²) in [6.07, 6.45) is -2.11. The average molecular weight is 221 g/mol. The molecule has 0 bridgehead atoms. The summed E-state index contributed by atoms with van der Waals surface area (Å²) >= 11 is 0. The van der Waals surface area contributed by atoms with Crippen LogP contribution in [0.4, 0.5) is 0 Å². The second-order valence-electron chi connectivity index (χ2n) is 3.73. The minimum atomic E-state index is -1.14. The Hall–Kier alpha value is -1.41. The first kappa shape index (κ1) is 12.7. The molecule has 1 aromatic rings. The third-order valence-corrected chi connectivity index (χ3v) is 2.44. The number of aliphatic hydroxyl groups is 3. The van der Waals surface area contributed by atoms with Crippen molar-refractivity contribution in [3.05, 3.63) is 34.9 Å². The Morgan fingerprint density at radius 2 is 2.06 bits per heavy atom. The van der Waals surface area contributed by atoms with Gasteiger partial charge in [-0.3, -0.25) is 0 Å². The van der Waals surface area contributed by atoms with E-state index in [2.05, 4.69) is 0 Å². The highest BCUT2D eigenvalue weighted by Gasteiger charge is 2.20. The van der Waals surface area contributed by atoms with Gasteiger partial charge in [0, 0.05) is 12.2 Å². The third-order valence-electron chi connectivity index (χ3n) is 2.44. The Bertz CT molecular complexity index is 398. The molecule has 0 radical (unpaired) electrons. The molecule has 0 saturated heterocycles. The maximum Gasteiger partial charge on any atom is 0.106 e. The molecular weight excluding hydrogens is 206 g/mol. The summed E-state index contributed by atoms with van der Waals surface area (Å²) in [5.74, 6) is 0. The quantitative estimate of drug-likeness (QED) is 0.696. The number of nitrogens with zero attached hydrogens (tertiary/aromatic N) is 1. The predicted molar refractivity (Wildman–Crippen MR) is 58.6 cm³/mol. The maximum absolute atomic E-state index is 9.84. The molecule has 1 rings (SSSR count). The van der Waals surface area contributed by atoms with Crippen molar-refractivity contribution in [3.8, 4) is 6.07 Å². The molecule has 0 aromatic heterocycles. The maximum atomic E-state index is 9.84. The second-order valence-corrected chi connectivity index (χ2v) is 3.73. The molecule has 0 aliphatic carbocycles. The zero-order valence-corrected chi connectivity index (χ0v) is 9.09. The van der Waals surface area contributed by atoms with E-state index in [1.54, 1.807) is 18.2 Å². The Morgan fingerprint density at radius 3 is 2.62 bits per heavy atom. The molecule has 0 fully saturated rings. The number of aryl methyl sites for hydroxylation is 1. The van der Waals surface area contributed by atoms with Gasteiger partial charge in [-0.2, -0.15) is 5.26 Å². The molecule has 4 heteroatoms. The van der Waals surface area contributed by atoms with Gasteiger partial charge >= 0.3 is 0 Å². The first-order chi connectivity index (χ1) is 7.60. The van der Waals surface area contributed by atoms with Crippen molar-refractivity contribution in [3.63, 3.8) is 0 Å². The van der Waals surface area contributed by atoms with E-state index in [0.29, 0.717) is 11.1 Å². The van der Waals surface area contributed by atoms with Crippen molar-refractivity contribution in [1.82, 2.24) is 0 Å². The lowest BCUT2D eigenvalue weighted by Crippen LogP contribution is -2.20. The molecule has 3 N–H and O–H groups in total. The molecule has 4 nitrogen and oxygen atoms in total. The average Bonchev–Trinajstić information content (AvgIpc) is 2.28.